The number of hydrogen-bond acceptors (Lipinski definition) is 4. The molecule has 1 aromatic rings. The van der Waals surface area contributed by atoms with Crippen LogP contribution in [0, 0.1) is 11.8 Å². The van der Waals surface area contributed by atoms with Crippen molar-refractivity contribution < 1.29 is 0 Å². The summed E-state index contributed by atoms with van der Waals surface area (Å²) in [4.78, 5) is 1.55. The highest BCUT2D eigenvalue weighted by Gasteiger charge is 2.27. The van der Waals surface area contributed by atoms with Crippen LogP contribution in [0.15, 0.2) is 0 Å². The van der Waals surface area contributed by atoms with Crippen LogP contribution in [0.3, 0.4) is 0 Å². The molecular formula is C14H27N5. The minimum absolute atomic E-state index is 0.173. The van der Waals surface area contributed by atoms with Gasteiger partial charge in [0.25, 0.3) is 0 Å². The van der Waals surface area contributed by atoms with Crippen molar-refractivity contribution in [3.05, 3.63) is 5.82 Å². The molecule has 5 heteroatoms. The second-order valence-electron chi connectivity index (χ2n) is 6.83. The highest BCUT2D eigenvalue weighted by atomic mass is 15.6. The van der Waals surface area contributed by atoms with Gasteiger partial charge < -0.3 is 5.32 Å². The third-order valence-electron chi connectivity index (χ3n) is 3.96. The fraction of sp³-hybridized carbons (Fsp3) is 0.929. The quantitative estimate of drug-likeness (QED) is 0.884. The number of aromatic nitrogens is 4. The van der Waals surface area contributed by atoms with E-state index in [1.54, 1.807) is 4.80 Å². The Kier molecular flexibility index (Phi) is 4.55. The molecular weight excluding hydrogens is 238 g/mol. The molecule has 0 radical (unpaired) electrons. The van der Waals surface area contributed by atoms with Gasteiger partial charge in [-0.3, -0.25) is 0 Å². The second-order valence-corrected chi connectivity index (χ2v) is 6.83. The lowest BCUT2D eigenvalue weighted by molar-refractivity contribution is 0.283. The number of hydrogen-bond donors (Lipinski definition) is 1. The number of rotatable bonds is 5. The topological polar surface area (TPSA) is 55.6 Å². The average molecular weight is 265 g/mol. The molecule has 108 valence electrons. The van der Waals surface area contributed by atoms with E-state index < -0.39 is 0 Å². The lowest BCUT2D eigenvalue weighted by Crippen LogP contribution is -2.41. The largest absolute Gasteiger partial charge is 0.312 e. The Bertz CT molecular complexity index is 387. The molecule has 5 nitrogen and oxygen atoms in total. The van der Waals surface area contributed by atoms with Crippen LogP contribution >= 0.6 is 0 Å². The molecule has 1 aromatic heterocycles. The van der Waals surface area contributed by atoms with Crippen LogP contribution < -0.4 is 5.32 Å². The van der Waals surface area contributed by atoms with Gasteiger partial charge in [0.2, 0.25) is 0 Å². The van der Waals surface area contributed by atoms with Crippen LogP contribution in [0.25, 0.3) is 0 Å². The van der Waals surface area contributed by atoms with Crippen molar-refractivity contribution in [1.29, 1.82) is 0 Å². The molecule has 0 bridgehead atoms. The maximum absolute atomic E-state index is 4.33. The molecule has 1 aliphatic rings. The lowest BCUT2D eigenvalue weighted by atomic mass is 9.87. The SMILES string of the molecule is Cn1nnc(CC(CNC(C)(C)C)C2CCCC2)n1. The van der Waals surface area contributed by atoms with Crippen LogP contribution in [-0.2, 0) is 13.5 Å². The lowest BCUT2D eigenvalue weighted by Gasteiger charge is -2.28. The number of nitrogens with zero attached hydrogens (tertiary/aromatic N) is 4. The van der Waals surface area contributed by atoms with Crippen molar-refractivity contribution >= 4 is 0 Å². The summed E-state index contributed by atoms with van der Waals surface area (Å²) in [7, 11) is 1.83. The fourth-order valence-electron chi connectivity index (χ4n) is 2.91. The Morgan fingerprint density at radius 2 is 2.00 bits per heavy atom. The Morgan fingerprint density at radius 3 is 2.53 bits per heavy atom. The van der Waals surface area contributed by atoms with E-state index in [2.05, 4.69) is 41.5 Å². The molecule has 1 N–H and O–H groups in total. The smallest absolute Gasteiger partial charge is 0.175 e. The van der Waals surface area contributed by atoms with E-state index in [0.29, 0.717) is 5.92 Å². The number of nitrogens with one attached hydrogen (secondary N) is 1. The van der Waals surface area contributed by atoms with Crippen molar-refractivity contribution in [2.75, 3.05) is 6.54 Å². The van der Waals surface area contributed by atoms with Crippen LogP contribution in [0.5, 0.6) is 0 Å². The summed E-state index contributed by atoms with van der Waals surface area (Å²) in [5.74, 6) is 2.33. The molecule has 1 atom stereocenters. The summed E-state index contributed by atoms with van der Waals surface area (Å²) < 4.78 is 0. The molecule has 1 saturated carbocycles. The van der Waals surface area contributed by atoms with Gasteiger partial charge in [-0.1, -0.05) is 25.7 Å². The first kappa shape index (κ1) is 14.4. The van der Waals surface area contributed by atoms with Crippen LogP contribution in [0.1, 0.15) is 52.3 Å². The van der Waals surface area contributed by atoms with E-state index >= 15 is 0 Å². The molecule has 1 aliphatic carbocycles. The van der Waals surface area contributed by atoms with Gasteiger partial charge in [-0.2, -0.15) is 4.80 Å². The van der Waals surface area contributed by atoms with Crippen LogP contribution in [-0.4, -0.2) is 32.3 Å². The predicted molar refractivity (Wildman–Crippen MR) is 75.7 cm³/mol. The molecule has 0 aromatic carbocycles. The molecule has 2 rings (SSSR count). The van der Waals surface area contributed by atoms with E-state index in [1.807, 2.05) is 7.05 Å². The molecule has 19 heavy (non-hydrogen) atoms. The monoisotopic (exact) mass is 265 g/mol. The normalized spacial score (nSPS) is 18.9. The van der Waals surface area contributed by atoms with E-state index in [-0.39, 0.29) is 5.54 Å². The van der Waals surface area contributed by atoms with Crippen LogP contribution in [0.4, 0.5) is 0 Å². The fourth-order valence-corrected chi connectivity index (χ4v) is 2.91. The Labute approximate surface area is 116 Å². The Morgan fingerprint density at radius 1 is 1.32 bits per heavy atom. The average Bonchev–Trinajstić information content (AvgIpc) is 2.94. The van der Waals surface area contributed by atoms with Crippen molar-refractivity contribution in [2.45, 2.75) is 58.4 Å². The molecule has 1 unspecified atom stereocenters. The van der Waals surface area contributed by atoms with Gasteiger partial charge in [-0.05, 0) is 44.4 Å². The summed E-state index contributed by atoms with van der Waals surface area (Å²) in [6.07, 6.45) is 6.42. The molecule has 0 spiro atoms. The zero-order valence-corrected chi connectivity index (χ0v) is 12.7. The van der Waals surface area contributed by atoms with Crippen molar-refractivity contribution in [3.63, 3.8) is 0 Å². The Hall–Kier alpha value is -0.970. The van der Waals surface area contributed by atoms with Gasteiger partial charge >= 0.3 is 0 Å². The third-order valence-corrected chi connectivity index (χ3v) is 3.96. The molecule has 0 aliphatic heterocycles. The third kappa shape index (κ3) is 4.56. The number of tetrazole rings is 1. The molecule has 1 fully saturated rings. The molecule has 1 heterocycles. The minimum Gasteiger partial charge on any atom is -0.312 e. The van der Waals surface area contributed by atoms with Crippen molar-refractivity contribution in [1.82, 2.24) is 25.5 Å². The summed E-state index contributed by atoms with van der Waals surface area (Å²) in [6.45, 7) is 7.71. The van der Waals surface area contributed by atoms with Crippen molar-refractivity contribution in [3.8, 4) is 0 Å². The van der Waals surface area contributed by atoms with E-state index in [0.717, 1.165) is 24.7 Å². The van der Waals surface area contributed by atoms with Crippen LogP contribution in [0.2, 0.25) is 0 Å². The summed E-state index contributed by atoms with van der Waals surface area (Å²) in [5, 5.41) is 16.1. The first-order chi connectivity index (χ1) is 8.94. The van der Waals surface area contributed by atoms with E-state index in [4.69, 9.17) is 0 Å². The van der Waals surface area contributed by atoms with Gasteiger partial charge in [0.05, 0.1) is 7.05 Å². The predicted octanol–water partition coefficient (Wildman–Crippen LogP) is 1.95. The van der Waals surface area contributed by atoms with Gasteiger partial charge in [0.15, 0.2) is 5.82 Å². The maximum atomic E-state index is 4.33. The summed E-state index contributed by atoms with van der Waals surface area (Å²) in [5.41, 5.74) is 0.173. The van der Waals surface area contributed by atoms with E-state index in [1.165, 1.54) is 25.7 Å². The van der Waals surface area contributed by atoms with Gasteiger partial charge in [0.1, 0.15) is 0 Å². The number of aryl methyl sites for hydroxylation is 1. The second kappa shape index (κ2) is 5.99. The minimum atomic E-state index is 0.173. The first-order valence-corrected chi connectivity index (χ1v) is 7.42. The zero-order chi connectivity index (χ0) is 13.9. The van der Waals surface area contributed by atoms with Crippen molar-refractivity contribution in [2.24, 2.45) is 18.9 Å². The van der Waals surface area contributed by atoms with Gasteiger partial charge in [-0.25, -0.2) is 0 Å². The van der Waals surface area contributed by atoms with Gasteiger partial charge in [0, 0.05) is 12.0 Å². The first-order valence-electron chi connectivity index (χ1n) is 7.42. The zero-order valence-electron chi connectivity index (χ0n) is 12.7. The Balaban J connectivity index is 1.97. The standard InChI is InChI=1S/C14H27N5/c1-14(2,3)15-10-12(11-7-5-6-8-11)9-13-16-18-19(4)17-13/h11-12,15H,5-10H2,1-4H3. The highest BCUT2D eigenvalue weighted by Crippen LogP contribution is 2.32. The van der Waals surface area contributed by atoms with Gasteiger partial charge in [-0.15, -0.1) is 10.2 Å². The van der Waals surface area contributed by atoms with E-state index in [9.17, 15) is 0 Å². The molecule has 0 saturated heterocycles. The summed E-state index contributed by atoms with van der Waals surface area (Å²) in [6, 6.07) is 0. The maximum Gasteiger partial charge on any atom is 0.175 e. The molecule has 0 amide bonds. The summed E-state index contributed by atoms with van der Waals surface area (Å²) >= 11 is 0. The highest BCUT2D eigenvalue weighted by molar-refractivity contribution is 4.88.